The van der Waals surface area contributed by atoms with Gasteiger partial charge >= 0.3 is 0 Å². The fourth-order valence-corrected chi connectivity index (χ4v) is 1.77. The van der Waals surface area contributed by atoms with Crippen LogP contribution in [-0.2, 0) is 6.54 Å². The quantitative estimate of drug-likeness (QED) is 0.731. The normalized spacial score (nSPS) is 13.0. The van der Waals surface area contributed by atoms with Crippen molar-refractivity contribution in [3.63, 3.8) is 0 Å². The van der Waals surface area contributed by atoms with Crippen molar-refractivity contribution in [2.75, 3.05) is 19.8 Å². The summed E-state index contributed by atoms with van der Waals surface area (Å²) in [6.07, 6.45) is 0.743. The monoisotopic (exact) mass is 223 g/mol. The first kappa shape index (κ1) is 13.2. The average molecular weight is 223 g/mol. The molecule has 0 saturated carbocycles. The lowest BCUT2D eigenvalue weighted by Gasteiger charge is -2.28. The highest BCUT2D eigenvalue weighted by molar-refractivity contribution is 5.14. The molecule has 0 aromatic heterocycles. The van der Waals surface area contributed by atoms with E-state index in [0.717, 1.165) is 13.0 Å². The van der Waals surface area contributed by atoms with Gasteiger partial charge in [0.05, 0.1) is 6.61 Å². The van der Waals surface area contributed by atoms with Gasteiger partial charge in [0.15, 0.2) is 0 Å². The van der Waals surface area contributed by atoms with Gasteiger partial charge in [-0.2, -0.15) is 0 Å². The molecule has 0 heterocycles. The van der Waals surface area contributed by atoms with Crippen LogP contribution in [-0.4, -0.2) is 40.9 Å². The smallest absolute Gasteiger partial charge is 0.0558 e. The molecule has 0 bridgehead atoms. The lowest BCUT2D eigenvalue weighted by molar-refractivity contribution is 0.129. The first-order valence-corrected chi connectivity index (χ1v) is 5.77. The van der Waals surface area contributed by atoms with Crippen LogP contribution in [0.25, 0.3) is 0 Å². The minimum absolute atomic E-state index is 0.155. The predicted molar refractivity (Wildman–Crippen MR) is 65.1 cm³/mol. The minimum atomic E-state index is 0.155. The summed E-state index contributed by atoms with van der Waals surface area (Å²) in [6.45, 7) is 3.90. The van der Waals surface area contributed by atoms with E-state index in [-0.39, 0.29) is 19.3 Å². The molecule has 2 N–H and O–H groups in total. The van der Waals surface area contributed by atoms with E-state index in [1.165, 1.54) is 5.56 Å². The van der Waals surface area contributed by atoms with Crippen molar-refractivity contribution in [2.45, 2.75) is 25.9 Å². The van der Waals surface area contributed by atoms with E-state index >= 15 is 0 Å². The van der Waals surface area contributed by atoms with E-state index in [2.05, 4.69) is 24.0 Å². The second kappa shape index (κ2) is 7.39. The molecule has 0 aliphatic rings. The first-order chi connectivity index (χ1) is 7.77. The van der Waals surface area contributed by atoms with Crippen molar-refractivity contribution in [3.05, 3.63) is 35.9 Å². The molecule has 3 nitrogen and oxygen atoms in total. The van der Waals surface area contributed by atoms with Crippen LogP contribution in [0.1, 0.15) is 18.9 Å². The molecule has 3 heteroatoms. The Kier molecular flexibility index (Phi) is 6.08. The average Bonchev–Trinajstić information content (AvgIpc) is 2.30. The Morgan fingerprint density at radius 3 is 2.38 bits per heavy atom. The van der Waals surface area contributed by atoms with Crippen LogP contribution in [0.5, 0.6) is 0 Å². The number of hydrogen-bond acceptors (Lipinski definition) is 3. The highest BCUT2D eigenvalue weighted by Gasteiger charge is 2.12. The Bertz CT molecular complexity index is 277. The zero-order chi connectivity index (χ0) is 11.8. The summed E-state index contributed by atoms with van der Waals surface area (Å²) in [4.78, 5) is 2.19. The molecule has 1 unspecified atom stereocenters. The van der Waals surface area contributed by atoms with Crippen molar-refractivity contribution in [3.8, 4) is 0 Å². The van der Waals surface area contributed by atoms with Crippen LogP contribution in [0.3, 0.4) is 0 Å². The van der Waals surface area contributed by atoms with Crippen molar-refractivity contribution >= 4 is 0 Å². The van der Waals surface area contributed by atoms with Gasteiger partial charge in [-0.05, 0) is 18.9 Å². The van der Waals surface area contributed by atoms with Crippen LogP contribution < -0.4 is 0 Å². The maximum atomic E-state index is 9.03. The largest absolute Gasteiger partial charge is 0.396 e. The molecule has 0 fully saturated rings. The van der Waals surface area contributed by atoms with Crippen LogP contribution in [0.4, 0.5) is 0 Å². The zero-order valence-corrected chi connectivity index (χ0v) is 9.84. The molecule has 1 aromatic carbocycles. The molecule has 0 amide bonds. The van der Waals surface area contributed by atoms with Gasteiger partial charge in [0.1, 0.15) is 0 Å². The zero-order valence-electron chi connectivity index (χ0n) is 9.84. The van der Waals surface area contributed by atoms with E-state index in [4.69, 9.17) is 10.2 Å². The van der Waals surface area contributed by atoms with E-state index in [9.17, 15) is 0 Å². The summed E-state index contributed by atoms with van der Waals surface area (Å²) in [6, 6.07) is 10.5. The molecule has 1 rings (SSSR count). The van der Waals surface area contributed by atoms with Crippen molar-refractivity contribution in [2.24, 2.45) is 0 Å². The molecule has 16 heavy (non-hydrogen) atoms. The number of nitrogens with zero attached hydrogens (tertiary/aromatic N) is 1. The lowest BCUT2D eigenvalue weighted by atomic mass is 10.1. The fourth-order valence-electron chi connectivity index (χ4n) is 1.77. The molecule has 0 aliphatic carbocycles. The van der Waals surface area contributed by atoms with Gasteiger partial charge < -0.3 is 10.2 Å². The maximum Gasteiger partial charge on any atom is 0.0558 e. The molecule has 0 radical (unpaired) electrons. The van der Waals surface area contributed by atoms with E-state index in [1.807, 2.05) is 18.2 Å². The minimum Gasteiger partial charge on any atom is -0.396 e. The lowest BCUT2D eigenvalue weighted by Crippen LogP contribution is -2.35. The van der Waals surface area contributed by atoms with E-state index in [1.54, 1.807) is 0 Å². The van der Waals surface area contributed by atoms with E-state index in [0.29, 0.717) is 6.54 Å². The Morgan fingerprint density at radius 2 is 1.81 bits per heavy atom. The van der Waals surface area contributed by atoms with Gasteiger partial charge in [-0.1, -0.05) is 30.3 Å². The van der Waals surface area contributed by atoms with Gasteiger partial charge in [0.2, 0.25) is 0 Å². The molecule has 0 saturated heterocycles. The van der Waals surface area contributed by atoms with Gasteiger partial charge in [-0.3, -0.25) is 4.90 Å². The third-order valence-corrected chi connectivity index (χ3v) is 2.79. The number of benzene rings is 1. The SMILES string of the molecule is CC(CCO)N(CCO)Cc1ccccc1. The second-order valence-corrected chi connectivity index (χ2v) is 4.04. The van der Waals surface area contributed by atoms with E-state index < -0.39 is 0 Å². The number of hydrogen-bond donors (Lipinski definition) is 2. The van der Waals surface area contributed by atoms with Crippen molar-refractivity contribution in [1.29, 1.82) is 0 Å². The summed E-state index contributed by atoms with van der Waals surface area (Å²) in [5.74, 6) is 0. The topological polar surface area (TPSA) is 43.7 Å². The van der Waals surface area contributed by atoms with Crippen LogP contribution in [0, 0.1) is 0 Å². The summed E-state index contributed by atoms with van der Waals surface area (Å²) < 4.78 is 0. The molecule has 1 atom stereocenters. The Balaban J connectivity index is 2.57. The van der Waals surface area contributed by atoms with Crippen LogP contribution in [0.15, 0.2) is 30.3 Å². The fraction of sp³-hybridized carbons (Fsp3) is 0.538. The molecule has 1 aromatic rings. The first-order valence-electron chi connectivity index (χ1n) is 5.77. The second-order valence-electron chi connectivity index (χ2n) is 4.04. The Morgan fingerprint density at radius 1 is 1.12 bits per heavy atom. The number of aliphatic hydroxyl groups is 2. The van der Waals surface area contributed by atoms with Gasteiger partial charge in [-0.15, -0.1) is 0 Å². The summed E-state index contributed by atoms with van der Waals surface area (Å²) in [5.41, 5.74) is 1.24. The summed E-state index contributed by atoms with van der Waals surface area (Å²) in [7, 11) is 0. The Labute approximate surface area is 97.3 Å². The summed E-state index contributed by atoms with van der Waals surface area (Å²) >= 11 is 0. The maximum absolute atomic E-state index is 9.03. The third kappa shape index (κ3) is 4.31. The molecule has 0 aliphatic heterocycles. The van der Waals surface area contributed by atoms with Crippen molar-refractivity contribution < 1.29 is 10.2 Å². The molecular formula is C13H21NO2. The third-order valence-electron chi connectivity index (χ3n) is 2.79. The number of aliphatic hydroxyl groups excluding tert-OH is 2. The van der Waals surface area contributed by atoms with Crippen LogP contribution in [0.2, 0.25) is 0 Å². The van der Waals surface area contributed by atoms with Crippen LogP contribution >= 0.6 is 0 Å². The number of rotatable bonds is 7. The van der Waals surface area contributed by atoms with Crippen molar-refractivity contribution in [1.82, 2.24) is 4.90 Å². The van der Waals surface area contributed by atoms with Gasteiger partial charge in [0, 0.05) is 25.7 Å². The highest BCUT2D eigenvalue weighted by Crippen LogP contribution is 2.09. The standard InChI is InChI=1S/C13H21NO2/c1-12(7-9-15)14(8-10-16)11-13-5-3-2-4-6-13/h2-6,12,15-16H,7-11H2,1H3. The molecule has 90 valence electrons. The Hall–Kier alpha value is -0.900. The highest BCUT2D eigenvalue weighted by atomic mass is 16.3. The molecule has 0 spiro atoms. The summed E-state index contributed by atoms with van der Waals surface area (Å²) in [5, 5.41) is 18.0. The molecular weight excluding hydrogens is 202 g/mol. The predicted octanol–water partition coefficient (Wildman–Crippen LogP) is 1.25. The van der Waals surface area contributed by atoms with Gasteiger partial charge in [0.25, 0.3) is 0 Å². The van der Waals surface area contributed by atoms with Gasteiger partial charge in [-0.25, -0.2) is 0 Å².